The second-order valence-corrected chi connectivity index (χ2v) is 6.49. The van der Waals surface area contributed by atoms with E-state index < -0.39 is 0 Å². The van der Waals surface area contributed by atoms with Crippen LogP contribution in [-0.4, -0.2) is 58.1 Å². The Morgan fingerprint density at radius 2 is 1.79 bits per heavy atom. The lowest BCUT2D eigenvalue weighted by molar-refractivity contribution is 0.147. The Bertz CT molecular complexity index is 835. The molecule has 0 saturated carbocycles. The van der Waals surface area contributed by atoms with Gasteiger partial charge in [-0.2, -0.15) is 0 Å². The third kappa shape index (κ3) is 2.88. The quantitative estimate of drug-likeness (QED) is 0.778. The molecule has 1 aliphatic rings. The number of rotatable bonds is 3. The number of piperazine rings is 1. The van der Waals surface area contributed by atoms with Gasteiger partial charge in [0.25, 0.3) is 0 Å². The molecule has 3 aromatic rings. The highest BCUT2D eigenvalue weighted by molar-refractivity contribution is 5.84. The van der Waals surface area contributed by atoms with Crippen LogP contribution in [-0.2, 0) is 6.54 Å². The van der Waals surface area contributed by atoms with Crippen molar-refractivity contribution >= 4 is 11.0 Å². The number of fused-ring (bicyclic) bond motifs is 1. The summed E-state index contributed by atoms with van der Waals surface area (Å²) in [7, 11) is 2.15. The molecular weight excluding hydrogens is 300 g/mol. The number of likely N-dealkylation sites (N-methyl/N-ethyl adjacent to an activating group) is 1. The standard InChI is InChI=1S/C19H22N4O/c1-22-9-11-23(12-10-22)13-15-17(24)8-7-16-18(15)21-19(20-16)14-5-3-2-4-6-14/h2-8,24H,9-13H2,1H3,(H,20,21). The van der Waals surface area contributed by atoms with Crippen LogP contribution in [0.25, 0.3) is 22.4 Å². The predicted octanol–water partition coefficient (Wildman–Crippen LogP) is 2.68. The maximum Gasteiger partial charge on any atom is 0.138 e. The molecule has 1 aliphatic heterocycles. The van der Waals surface area contributed by atoms with E-state index in [2.05, 4.69) is 21.8 Å². The summed E-state index contributed by atoms with van der Waals surface area (Å²) in [4.78, 5) is 12.9. The Balaban J connectivity index is 1.69. The normalized spacial score (nSPS) is 16.7. The molecule has 0 radical (unpaired) electrons. The van der Waals surface area contributed by atoms with Gasteiger partial charge in [-0.1, -0.05) is 30.3 Å². The van der Waals surface area contributed by atoms with E-state index in [0.29, 0.717) is 5.75 Å². The lowest BCUT2D eigenvalue weighted by Crippen LogP contribution is -2.43. The molecule has 1 saturated heterocycles. The molecule has 0 atom stereocenters. The molecule has 0 aliphatic carbocycles. The fraction of sp³-hybridized carbons (Fsp3) is 0.316. The van der Waals surface area contributed by atoms with Crippen molar-refractivity contribution < 1.29 is 5.11 Å². The maximum absolute atomic E-state index is 10.4. The van der Waals surface area contributed by atoms with Crippen LogP contribution in [0.4, 0.5) is 0 Å². The lowest BCUT2D eigenvalue weighted by Gasteiger charge is -2.32. The number of phenols is 1. The SMILES string of the molecule is CN1CCN(Cc2c(O)ccc3[nH]c(-c4ccccc4)nc23)CC1. The second-order valence-electron chi connectivity index (χ2n) is 6.49. The number of H-pyrrole nitrogens is 1. The zero-order chi connectivity index (χ0) is 16.5. The maximum atomic E-state index is 10.4. The minimum absolute atomic E-state index is 0.326. The molecule has 4 rings (SSSR count). The van der Waals surface area contributed by atoms with Gasteiger partial charge in [0.1, 0.15) is 11.6 Å². The van der Waals surface area contributed by atoms with Crippen LogP contribution in [0.15, 0.2) is 42.5 Å². The third-order valence-electron chi connectivity index (χ3n) is 4.76. The second kappa shape index (κ2) is 6.26. The summed E-state index contributed by atoms with van der Waals surface area (Å²) in [5, 5.41) is 10.4. The molecule has 24 heavy (non-hydrogen) atoms. The van der Waals surface area contributed by atoms with E-state index in [9.17, 15) is 5.11 Å². The van der Waals surface area contributed by atoms with E-state index in [1.54, 1.807) is 6.07 Å². The highest BCUT2D eigenvalue weighted by atomic mass is 16.3. The van der Waals surface area contributed by atoms with Gasteiger partial charge in [0.2, 0.25) is 0 Å². The highest BCUT2D eigenvalue weighted by Crippen LogP contribution is 2.29. The van der Waals surface area contributed by atoms with E-state index in [4.69, 9.17) is 4.98 Å². The fourth-order valence-corrected chi connectivity index (χ4v) is 3.24. The van der Waals surface area contributed by atoms with Crippen molar-refractivity contribution in [1.82, 2.24) is 19.8 Å². The molecule has 5 heteroatoms. The van der Waals surface area contributed by atoms with Crippen molar-refractivity contribution in [2.24, 2.45) is 0 Å². The largest absolute Gasteiger partial charge is 0.508 e. The number of imidazole rings is 1. The Labute approximate surface area is 141 Å². The van der Waals surface area contributed by atoms with Crippen molar-refractivity contribution in [3.05, 3.63) is 48.0 Å². The molecule has 0 bridgehead atoms. The van der Waals surface area contributed by atoms with E-state index in [0.717, 1.165) is 60.7 Å². The summed E-state index contributed by atoms with van der Waals surface area (Å²) in [6.07, 6.45) is 0. The summed E-state index contributed by atoms with van der Waals surface area (Å²) in [6.45, 7) is 4.89. The minimum atomic E-state index is 0.326. The summed E-state index contributed by atoms with van der Waals surface area (Å²) in [6, 6.07) is 13.8. The zero-order valence-corrected chi connectivity index (χ0v) is 13.9. The van der Waals surface area contributed by atoms with Gasteiger partial charge in [-0.3, -0.25) is 4.90 Å². The van der Waals surface area contributed by atoms with Gasteiger partial charge in [0, 0.05) is 43.9 Å². The van der Waals surface area contributed by atoms with Gasteiger partial charge in [-0.15, -0.1) is 0 Å². The predicted molar refractivity (Wildman–Crippen MR) is 96.0 cm³/mol. The van der Waals surface area contributed by atoms with Crippen LogP contribution in [0.1, 0.15) is 5.56 Å². The smallest absolute Gasteiger partial charge is 0.138 e. The van der Waals surface area contributed by atoms with Gasteiger partial charge in [-0.25, -0.2) is 4.98 Å². The monoisotopic (exact) mass is 322 g/mol. The van der Waals surface area contributed by atoms with Gasteiger partial charge in [0.05, 0.1) is 11.0 Å². The van der Waals surface area contributed by atoms with Gasteiger partial charge in [-0.05, 0) is 19.2 Å². The average Bonchev–Trinajstić information content (AvgIpc) is 3.05. The van der Waals surface area contributed by atoms with Crippen LogP contribution in [0.5, 0.6) is 5.75 Å². The van der Waals surface area contributed by atoms with E-state index in [1.165, 1.54) is 0 Å². The molecule has 2 heterocycles. The Morgan fingerprint density at radius 3 is 2.54 bits per heavy atom. The Morgan fingerprint density at radius 1 is 1.04 bits per heavy atom. The van der Waals surface area contributed by atoms with Crippen LogP contribution in [0.3, 0.4) is 0 Å². The molecule has 0 unspecified atom stereocenters. The third-order valence-corrected chi connectivity index (χ3v) is 4.76. The van der Waals surface area contributed by atoms with Crippen LogP contribution < -0.4 is 0 Å². The Kier molecular flexibility index (Phi) is 3.96. The Hall–Kier alpha value is -2.37. The molecule has 1 aromatic heterocycles. The minimum Gasteiger partial charge on any atom is -0.508 e. The van der Waals surface area contributed by atoms with Gasteiger partial charge < -0.3 is 15.0 Å². The number of benzene rings is 2. The number of nitrogens with zero attached hydrogens (tertiary/aromatic N) is 3. The summed E-state index contributed by atoms with van der Waals surface area (Å²) < 4.78 is 0. The average molecular weight is 322 g/mol. The molecular formula is C19H22N4O. The molecule has 0 spiro atoms. The first-order valence-corrected chi connectivity index (χ1v) is 8.37. The van der Waals surface area contributed by atoms with Crippen molar-refractivity contribution in [1.29, 1.82) is 0 Å². The summed E-state index contributed by atoms with van der Waals surface area (Å²) in [5.74, 6) is 1.17. The van der Waals surface area contributed by atoms with Crippen molar-refractivity contribution in [3.63, 3.8) is 0 Å². The van der Waals surface area contributed by atoms with Gasteiger partial charge in [0.15, 0.2) is 0 Å². The molecule has 2 N–H and O–H groups in total. The highest BCUT2D eigenvalue weighted by Gasteiger charge is 2.19. The summed E-state index contributed by atoms with van der Waals surface area (Å²) in [5.41, 5.74) is 3.80. The molecule has 124 valence electrons. The number of hydrogen-bond donors (Lipinski definition) is 2. The molecule has 5 nitrogen and oxygen atoms in total. The van der Waals surface area contributed by atoms with Gasteiger partial charge >= 0.3 is 0 Å². The fourth-order valence-electron chi connectivity index (χ4n) is 3.24. The van der Waals surface area contributed by atoms with E-state index in [1.807, 2.05) is 36.4 Å². The van der Waals surface area contributed by atoms with Crippen molar-refractivity contribution in [3.8, 4) is 17.1 Å². The molecule has 0 amide bonds. The van der Waals surface area contributed by atoms with Crippen molar-refractivity contribution in [2.45, 2.75) is 6.54 Å². The number of aromatic hydroxyl groups is 1. The van der Waals surface area contributed by atoms with E-state index in [-0.39, 0.29) is 0 Å². The van der Waals surface area contributed by atoms with Crippen LogP contribution in [0.2, 0.25) is 0 Å². The zero-order valence-electron chi connectivity index (χ0n) is 13.9. The number of nitrogens with one attached hydrogen (secondary N) is 1. The molecule has 2 aromatic carbocycles. The van der Waals surface area contributed by atoms with Crippen molar-refractivity contribution in [2.75, 3.05) is 33.2 Å². The summed E-state index contributed by atoms with van der Waals surface area (Å²) >= 11 is 0. The lowest BCUT2D eigenvalue weighted by atomic mass is 10.1. The van der Waals surface area contributed by atoms with E-state index >= 15 is 0 Å². The number of aromatic amines is 1. The first kappa shape index (κ1) is 15.2. The van der Waals surface area contributed by atoms with Crippen LogP contribution in [0, 0.1) is 0 Å². The number of aromatic nitrogens is 2. The van der Waals surface area contributed by atoms with Crippen LogP contribution >= 0.6 is 0 Å². The first-order valence-electron chi connectivity index (χ1n) is 8.37. The first-order chi connectivity index (χ1) is 11.7. The number of hydrogen-bond acceptors (Lipinski definition) is 4. The number of phenolic OH excluding ortho intramolecular Hbond substituents is 1. The molecule has 1 fully saturated rings. The topological polar surface area (TPSA) is 55.4 Å².